The van der Waals surface area contributed by atoms with Gasteiger partial charge in [0.25, 0.3) is 0 Å². The molecule has 0 N–H and O–H groups in total. The average Bonchev–Trinajstić information content (AvgIpc) is 2.30. The van der Waals surface area contributed by atoms with Crippen molar-refractivity contribution in [1.82, 2.24) is 0 Å². The minimum atomic E-state index is -0.231. The van der Waals surface area contributed by atoms with E-state index in [0.717, 1.165) is 18.6 Å². The first-order valence-corrected chi connectivity index (χ1v) is 5.69. The van der Waals surface area contributed by atoms with Gasteiger partial charge in [0.05, 0.1) is 6.61 Å². The summed E-state index contributed by atoms with van der Waals surface area (Å²) in [6.07, 6.45) is 2.50. The SMILES string of the molecule is CCCCOc1cccc(OC(=O)CC)c1. The third kappa shape index (κ3) is 4.34. The minimum Gasteiger partial charge on any atom is -0.493 e. The van der Waals surface area contributed by atoms with Crippen molar-refractivity contribution in [2.24, 2.45) is 0 Å². The first-order chi connectivity index (χ1) is 7.76. The fourth-order valence-corrected chi connectivity index (χ4v) is 1.17. The number of hydrogen-bond acceptors (Lipinski definition) is 3. The van der Waals surface area contributed by atoms with E-state index in [0.29, 0.717) is 18.8 Å². The number of carbonyl (C=O) groups excluding carboxylic acids is 1. The lowest BCUT2D eigenvalue weighted by Crippen LogP contribution is -2.05. The second-order valence-electron chi connectivity index (χ2n) is 3.50. The van der Waals surface area contributed by atoms with Crippen molar-refractivity contribution in [3.05, 3.63) is 24.3 Å². The molecular weight excluding hydrogens is 204 g/mol. The molecule has 0 spiro atoms. The Bertz CT molecular complexity index is 334. The largest absolute Gasteiger partial charge is 0.493 e. The molecule has 0 aliphatic carbocycles. The number of hydrogen-bond donors (Lipinski definition) is 0. The van der Waals surface area contributed by atoms with Crippen LogP contribution in [0, 0.1) is 0 Å². The van der Waals surface area contributed by atoms with Crippen molar-refractivity contribution in [3.8, 4) is 11.5 Å². The summed E-state index contributed by atoms with van der Waals surface area (Å²) in [6.45, 7) is 4.58. The van der Waals surface area contributed by atoms with Gasteiger partial charge in [-0.2, -0.15) is 0 Å². The van der Waals surface area contributed by atoms with Gasteiger partial charge < -0.3 is 9.47 Å². The molecule has 1 aromatic rings. The molecule has 0 radical (unpaired) electrons. The van der Waals surface area contributed by atoms with Crippen LogP contribution in [0.3, 0.4) is 0 Å². The van der Waals surface area contributed by atoms with Gasteiger partial charge in [0.1, 0.15) is 11.5 Å². The second-order valence-corrected chi connectivity index (χ2v) is 3.50. The van der Waals surface area contributed by atoms with Gasteiger partial charge in [-0.05, 0) is 18.6 Å². The zero-order valence-corrected chi connectivity index (χ0v) is 9.86. The molecule has 0 saturated carbocycles. The zero-order valence-electron chi connectivity index (χ0n) is 9.86. The van der Waals surface area contributed by atoms with Gasteiger partial charge in [-0.3, -0.25) is 4.79 Å². The van der Waals surface area contributed by atoms with E-state index in [2.05, 4.69) is 6.92 Å². The molecule has 0 unspecified atom stereocenters. The number of unbranched alkanes of at least 4 members (excludes halogenated alkanes) is 1. The van der Waals surface area contributed by atoms with Crippen LogP contribution in [0.2, 0.25) is 0 Å². The Balaban J connectivity index is 2.53. The van der Waals surface area contributed by atoms with E-state index in [1.165, 1.54) is 0 Å². The molecule has 1 rings (SSSR count). The molecule has 0 bridgehead atoms. The normalized spacial score (nSPS) is 9.88. The van der Waals surface area contributed by atoms with Crippen LogP contribution in [0.5, 0.6) is 11.5 Å². The monoisotopic (exact) mass is 222 g/mol. The van der Waals surface area contributed by atoms with Crippen molar-refractivity contribution < 1.29 is 14.3 Å². The minimum absolute atomic E-state index is 0.231. The highest BCUT2D eigenvalue weighted by atomic mass is 16.5. The molecule has 0 saturated heterocycles. The summed E-state index contributed by atoms with van der Waals surface area (Å²) >= 11 is 0. The summed E-state index contributed by atoms with van der Waals surface area (Å²) in [7, 11) is 0. The summed E-state index contributed by atoms with van der Waals surface area (Å²) in [5.41, 5.74) is 0. The van der Waals surface area contributed by atoms with Crippen molar-refractivity contribution in [3.63, 3.8) is 0 Å². The first-order valence-electron chi connectivity index (χ1n) is 5.69. The molecule has 0 aliphatic rings. The maximum Gasteiger partial charge on any atom is 0.310 e. The molecule has 1 aromatic carbocycles. The highest BCUT2D eigenvalue weighted by Crippen LogP contribution is 2.19. The average molecular weight is 222 g/mol. The first kappa shape index (κ1) is 12.6. The van der Waals surface area contributed by atoms with Crippen LogP contribution in [-0.4, -0.2) is 12.6 Å². The topological polar surface area (TPSA) is 35.5 Å². The van der Waals surface area contributed by atoms with Crippen LogP contribution < -0.4 is 9.47 Å². The van der Waals surface area contributed by atoms with Crippen LogP contribution in [0.1, 0.15) is 33.1 Å². The second kappa shape index (κ2) is 6.88. The Morgan fingerprint density at radius 2 is 2.00 bits per heavy atom. The molecule has 0 aromatic heterocycles. The lowest BCUT2D eigenvalue weighted by atomic mass is 10.3. The third-order valence-electron chi connectivity index (χ3n) is 2.09. The van der Waals surface area contributed by atoms with E-state index >= 15 is 0 Å². The summed E-state index contributed by atoms with van der Waals surface area (Å²) < 4.78 is 10.6. The molecule has 0 atom stereocenters. The Kier molecular flexibility index (Phi) is 5.40. The molecule has 16 heavy (non-hydrogen) atoms. The predicted octanol–water partition coefficient (Wildman–Crippen LogP) is 3.18. The molecule has 0 aliphatic heterocycles. The quantitative estimate of drug-likeness (QED) is 0.421. The molecular formula is C13H18O3. The van der Waals surface area contributed by atoms with Gasteiger partial charge in [-0.25, -0.2) is 0 Å². The van der Waals surface area contributed by atoms with Crippen LogP contribution in [0.25, 0.3) is 0 Å². The van der Waals surface area contributed by atoms with E-state index in [4.69, 9.17) is 9.47 Å². The fourth-order valence-electron chi connectivity index (χ4n) is 1.17. The zero-order chi connectivity index (χ0) is 11.8. The summed E-state index contributed by atoms with van der Waals surface area (Å²) in [5.74, 6) is 1.06. The van der Waals surface area contributed by atoms with Crippen molar-refractivity contribution >= 4 is 5.97 Å². The maximum absolute atomic E-state index is 11.1. The summed E-state index contributed by atoms with van der Waals surface area (Å²) in [6, 6.07) is 7.17. The number of carbonyl (C=O) groups is 1. The van der Waals surface area contributed by atoms with E-state index in [1.807, 2.05) is 12.1 Å². The van der Waals surface area contributed by atoms with E-state index < -0.39 is 0 Å². The fraction of sp³-hybridized carbons (Fsp3) is 0.462. The lowest BCUT2D eigenvalue weighted by molar-refractivity contribution is -0.134. The highest BCUT2D eigenvalue weighted by molar-refractivity contribution is 5.72. The smallest absolute Gasteiger partial charge is 0.310 e. The van der Waals surface area contributed by atoms with Crippen molar-refractivity contribution in [2.45, 2.75) is 33.1 Å². The molecule has 88 valence electrons. The van der Waals surface area contributed by atoms with Gasteiger partial charge in [-0.15, -0.1) is 0 Å². The van der Waals surface area contributed by atoms with E-state index in [1.54, 1.807) is 19.1 Å². The van der Waals surface area contributed by atoms with Crippen LogP contribution in [0.15, 0.2) is 24.3 Å². The number of benzene rings is 1. The Labute approximate surface area is 96.4 Å². The lowest BCUT2D eigenvalue weighted by Gasteiger charge is -2.07. The molecule has 3 heteroatoms. The highest BCUT2D eigenvalue weighted by Gasteiger charge is 2.02. The Morgan fingerprint density at radius 1 is 1.25 bits per heavy atom. The Hall–Kier alpha value is -1.51. The van der Waals surface area contributed by atoms with Gasteiger partial charge in [0.15, 0.2) is 0 Å². The molecule has 0 fully saturated rings. The van der Waals surface area contributed by atoms with Crippen molar-refractivity contribution in [2.75, 3.05) is 6.61 Å². The van der Waals surface area contributed by atoms with Crippen molar-refractivity contribution in [1.29, 1.82) is 0 Å². The van der Waals surface area contributed by atoms with Gasteiger partial charge in [-0.1, -0.05) is 26.3 Å². The van der Waals surface area contributed by atoms with E-state index in [9.17, 15) is 4.79 Å². The van der Waals surface area contributed by atoms with Gasteiger partial charge >= 0.3 is 5.97 Å². The predicted molar refractivity (Wildman–Crippen MR) is 62.8 cm³/mol. The van der Waals surface area contributed by atoms with Gasteiger partial charge in [0.2, 0.25) is 0 Å². The van der Waals surface area contributed by atoms with Crippen LogP contribution in [-0.2, 0) is 4.79 Å². The molecule has 0 amide bonds. The molecule has 0 heterocycles. The molecule has 3 nitrogen and oxygen atoms in total. The summed E-state index contributed by atoms with van der Waals surface area (Å²) in [5, 5.41) is 0. The summed E-state index contributed by atoms with van der Waals surface area (Å²) in [4.78, 5) is 11.1. The van der Waals surface area contributed by atoms with Gasteiger partial charge in [0, 0.05) is 12.5 Å². The number of ether oxygens (including phenoxy) is 2. The maximum atomic E-state index is 11.1. The van der Waals surface area contributed by atoms with E-state index in [-0.39, 0.29) is 5.97 Å². The van der Waals surface area contributed by atoms with Crippen LogP contribution in [0.4, 0.5) is 0 Å². The standard InChI is InChI=1S/C13H18O3/c1-3-5-9-15-11-7-6-8-12(10-11)16-13(14)4-2/h6-8,10H,3-5,9H2,1-2H3. The third-order valence-corrected chi connectivity index (χ3v) is 2.09. The van der Waals surface area contributed by atoms with Crippen LogP contribution >= 0.6 is 0 Å². The Morgan fingerprint density at radius 3 is 2.69 bits per heavy atom. The number of rotatable bonds is 6. The number of esters is 1.